The molecule has 0 aliphatic carbocycles. The summed E-state index contributed by atoms with van der Waals surface area (Å²) in [5.74, 6) is 0. The maximum Gasteiger partial charge on any atom is 0.0629 e. The molecule has 0 atom stereocenters. The number of rotatable bonds is 2. The number of hydrogen-bond donors (Lipinski definition) is 0. The van der Waals surface area contributed by atoms with Gasteiger partial charge in [-0.3, -0.25) is 0 Å². The molecule has 0 spiro atoms. The molecule has 0 N–H and O–H groups in total. The fourth-order valence-electron chi connectivity index (χ4n) is 1.71. The second-order valence-electron chi connectivity index (χ2n) is 3.69. The molecule has 0 radical (unpaired) electrons. The number of benzene rings is 3. The average molecular weight is 275 g/mol. The van der Waals surface area contributed by atoms with Gasteiger partial charge in [0.15, 0.2) is 0 Å². The van der Waals surface area contributed by atoms with E-state index in [1.54, 1.807) is 0 Å². The topological polar surface area (TPSA) is 0 Å². The van der Waals surface area contributed by atoms with E-state index in [2.05, 4.69) is 0 Å². The lowest BCUT2D eigenvalue weighted by molar-refractivity contribution is 1.58. The SMILES string of the molecule is [2H]c1c([2H])c([2H])c(-c2ccc(Cl)cc2-c2c([2H])c([2H])c([2H])c([2H])c2[2H])c([2H])c1[2H]. The van der Waals surface area contributed by atoms with Crippen molar-refractivity contribution in [1.29, 1.82) is 0 Å². The van der Waals surface area contributed by atoms with Crippen LogP contribution in [-0.2, 0) is 0 Å². The Morgan fingerprint density at radius 2 is 1.21 bits per heavy atom. The van der Waals surface area contributed by atoms with Gasteiger partial charge in [0.1, 0.15) is 0 Å². The highest BCUT2D eigenvalue weighted by molar-refractivity contribution is 6.31. The number of hydrogen-bond acceptors (Lipinski definition) is 0. The Labute approximate surface area is 132 Å². The molecule has 19 heavy (non-hydrogen) atoms. The van der Waals surface area contributed by atoms with E-state index in [1.807, 2.05) is 0 Å². The Bertz CT molecular complexity index is 1110. The first kappa shape index (κ1) is 5.15. The maximum atomic E-state index is 8.21. The van der Waals surface area contributed by atoms with Crippen LogP contribution in [0.5, 0.6) is 0 Å². The zero-order valence-corrected chi connectivity index (χ0v) is 10.4. The fourth-order valence-corrected chi connectivity index (χ4v) is 1.88. The number of halogens is 1. The molecule has 0 saturated carbocycles. The molecule has 0 saturated heterocycles. The third-order valence-electron chi connectivity index (χ3n) is 2.52. The van der Waals surface area contributed by atoms with Crippen LogP contribution in [0.1, 0.15) is 13.7 Å². The van der Waals surface area contributed by atoms with Gasteiger partial charge in [-0.1, -0.05) is 78.1 Å². The van der Waals surface area contributed by atoms with Crippen LogP contribution >= 0.6 is 11.6 Å². The van der Waals surface area contributed by atoms with Crippen LogP contribution in [0.2, 0.25) is 5.02 Å². The summed E-state index contributed by atoms with van der Waals surface area (Å²) in [6.07, 6.45) is 0. The minimum atomic E-state index is -0.560. The molecule has 92 valence electrons. The van der Waals surface area contributed by atoms with E-state index < -0.39 is 60.4 Å². The van der Waals surface area contributed by atoms with E-state index in [9.17, 15) is 0 Å². The summed E-state index contributed by atoms with van der Waals surface area (Å²) in [4.78, 5) is 0. The summed E-state index contributed by atoms with van der Waals surface area (Å²) in [6.45, 7) is 0. The molecule has 0 unspecified atom stereocenters. The summed E-state index contributed by atoms with van der Waals surface area (Å²) in [6, 6.07) is -0.976. The van der Waals surface area contributed by atoms with Gasteiger partial charge in [0.2, 0.25) is 0 Å². The molecule has 3 aromatic rings. The lowest BCUT2D eigenvalue weighted by Crippen LogP contribution is -1.85. The van der Waals surface area contributed by atoms with E-state index in [0.29, 0.717) is 0 Å². The van der Waals surface area contributed by atoms with Crippen LogP contribution in [0.4, 0.5) is 0 Å². The van der Waals surface area contributed by atoms with Crippen LogP contribution in [0.3, 0.4) is 0 Å². The van der Waals surface area contributed by atoms with E-state index in [1.165, 1.54) is 18.2 Å². The monoisotopic (exact) mass is 274 g/mol. The maximum absolute atomic E-state index is 8.21. The lowest BCUT2D eigenvalue weighted by atomic mass is 9.95. The van der Waals surface area contributed by atoms with Crippen molar-refractivity contribution in [3.05, 3.63) is 83.6 Å². The van der Waals surface area contributed by atoms with E-state index in [-0.39, 0.29) is 27.3 Å². The van der Waals surface area contributed by atoms with Crippen LogP contribution < -0.4 is 0 Å². The summed E-state index contributed by atoms with van der Waals surface area (Å²) in [5, 5.41) is 0.197. The third kappa shape index (κ3) is 2.54. The highest BCUT2D eigenvalue weighted by Gasteiger charge is 2.07. The smallest absolute Gasteiger partial charge is 0.0629 e. The first-order chi connectivity index (χ1) is 13.5. The Balaban J connectivity index is 2.50. The van der Waals surface area contributed by atoms with E-state index in [0.717, 1.165) is 0 Å². The second-order valence-corrected chi connectivity index (χ2v) is 4.13. The van der Waals surface area contributed by atoms with Crippen molar-refractivity contribution in [2.45, 2.75) is 0 Å². The van der Waals surface area contributed by atoms with Crippen LogP contribution in [-0.4, -0.2) is 0 Å². The van der Waals surface area contributed by atoms with Gasteiger partial charge in [-0.05, 0) is 34.4 Å². The van der Waals surface area contributed by atoms with Gasteiger partial charge in [0.25, 0.3) is 0 Å². The third-order valence-corrected chi connectivity index (χ3v) is 2.76. The molecule has 0 amide bonds. The zero-order chi connectivity index (χ0) is 21.8. The standard InChI is InChI=1S/C18H13Cl/c19-16-11-12-17(14-7-3-1-4-8-14)18(13-16)15-9-5-2-6-10-15/h1-13H/i1D,2D,3D,4D,5D,6D,7D,8D,9D,10D. The van der Waals surface area contributed by atoms with Gasteiger partial charge in [-0.25, -0.2) is 0 Å². The van der Waals surface area contributed by atoms with Crippen molar-refractivity contribution in [2.24, 2.45) is 0 Å². The van der Waals surface area contributed by atoms with Gasteiger partial charge in [-0.15, -0.1) is 0 Å². The van der Waals surface area contributed by atoms with E-state index >= 15 is 0 Å². The van der Waals surface area contributed by atoms with Crippen molar-refractivity contribution in [1.82, 2.24) is 0 Å². The Hall–Kier alpha value is -2.05. The van der Waals surface area contributed by atoms with Gasteiger partial charge < -0.3 is 0 Å². The van der Waals surface area contributed by atoms with Crippen LogP contribution in [0.15, 0.2) is 78.6 Å². The average Bonchev–Trinajstić information content (AvgIpc) is 2.69. The molecule has 3 rings (SSSR count). The van der Waals surface area contributed by atoms with Crippen molar-refractivity contribution >= 4 is 11.6 Å². The molecule has 0 aliphatic heterocycles. The zero-order valence-electron chi connectivity index (χ0n) is 19.6. The minimum absolute atomic E-state index is 0.0769. The largest absolute Gasteiger partial charge is 0.0843 e. The molecular weight excluding hydrogens is 252 g/mol. The van der Waals surface area contributed by atoms with Crippen molar-refractivity contribution < 1.29 is 13.7 Å². The quantitative estimate of drug-likeness (QED) is 0.564. The summed E-state index contributed by atoms with van der Waals surface area (Å²) in [5.41, 5.74) is -0.118. The summed E-state index contributed by atoms with van der Waals surface area (Å²) < 4.78 is 79.9. The van der Waals surface area contributed by atoms with Crippen LogP contribution in [0.25, 0.3) is 22.3 Å². The minimum Gasteiger partial charge on any atom is -0.0843 e. The predicted octanol–water partition coefficient (Wildman–Crippen LogP) is 5.67. The van der Waals surface area contributed by atoms with Gasteiger partial charge >= 0.3 is 0 Å². The highest BCUT2D eigenvalue weighted by atomic mass is 35.5. The molecule has 0 aromatic heterocycles. The van der Waals surface area contributed by atoms with Crippen molar-refractivity contribution in [3.8, 4) is 22.3 Å². The first-order valence-corrected chi connectivity index (χ1v) is 5.80. The predicted molar refractivity (Wildman–Crippen MR) is 82.3 cm³/mol. The summed E-state index contributed by atoms with van der Waals surface area (Å²) >= 11 is 6.09. The van der Waals surface area contributed by atoms with Gasteiger partial charge in [0.05, 0.1) is 13.7 Å². The molecule has 0 heterocycles. The molecule has 0 nitrogen and oxygen atoms in total. The van der Waals surface area contributed by atoms with Crippen molar-refractivity contribution in [2.75, 3.05) is 0 Å². The van der Waals surface area contributed by atoms with E-state index in [4.69, 9.17) is 25.3 Å². The first-order valence-electron chi connectivity index (χ1n) is 10.4. The van der Waals surface area contributed by atoms with Gasteiger partial charge in [-0.2, -0.15) is 0 Å². The lowest BCUT2D eigenvalue weighted by Gasteiger charge is -2.10. The van der Waals surface area contributed by atoms with Gasteiger partial charge in [0, 0.05) is 5.02 Å². The molecule has 1 heteroatoms. The normalized spacial score (nSPS) is 17.7. The fraction of sp³-hybridized carbons (Fsp3) is 0. The summed E-state index contributed by atoms with van der Waals surface area (Å²) in [7, 11) is 0. The Morgan fingerprint density at radius 3 is 1.79 bits per heavy atom. The molecule has 0 aliphatic rings. The molecular formula is C18H13Cl. The van der Waals surface area contributed by atoms with Crippen molar-refractivity contribution in [3.63, 3.8) is 0 Å². The highest BCUT2D eigenvalue weighted by Crippen LogP contribution is 2.33. The molecule has 0 fully saturated rings. The Kier molecular flexibility index (Phi) is 1.43. The molecule has 0 bridgehead atoms. The molecule has 3 aromatic carbocycles. The van der Waals surface area contributed by atoms with Crippen LogP contribution in [0, 0.1) is 0 Å². The Morgan fingerprint density at radius 1 is 0.684 bits per heavy atom. The second kappa shape index (κ2) is 5.29.